The minimum Gasteiger partial charge on any atom is -0.368 e. The molecule has 2 aromatic carbocycles. The van der Waals surface area contributed by atoms with Gasteiger partial charge in [-0.3, -0.25) is 4.72 Å². The molecule has 1 N–H and O–H groups in total. The van der Waals surface area contributed by atoms with E-state index in [1.54, 1.807) is 19.1 Å². The maximum atomic E-state index is 14.0. The van der Waals surface area contributed by atoms with Crippen molar-refractivity contribution in [3.63, 3.8) is 0 Å². The topological polar surface area (TPSA) is 65.5 Å². The summed E-state index contributed by atoms with van der Waals surface area (Å²) in [7, 11) is -4.03. The molecule has 6 nitrogen and oxygen atoms in total. The van der Waals surface area contributed by atoms with E-state index in [9.17, 15) is 12.8 Å². The molecule has 1 aliphatic heterocycles. The lowest BCUT2D eigenvalue weighted by Gasteiger charge is -2.36. The van der Waals surface area contributed by atoms with Crippen molar-refractivity contribution in [1.29, 1.82) is 0 Å². The molecule has 1 aliphatic rings. The lowest BCUT2D eigenvalue weighted by molar-refractivity contribution is 0.570. The van der Waals surface area contributed by atoms with Gasteiger partial charge in [-0.2, -0.15) is 0 Å². The van der Waals surface area contributed by atoms with Crippen LogP contribution in [0.15, 0.2) is 71.8 Å². The zero-order chi connectivity index (χ0) is 21.1. The molecular formula is C22H23FN4O2S. The molecule has 0 atom stereocenters. The third-order valence-corrected chi connectivity index (χ3v) is 6.50. The van der Waals surface area contributed by atoms with Gasteiger partial charge in [0.2, 0.25) is 0 Å². The smallest absolute Gasteiger partial charge is 0.264 e. The van der Waals surface area contributed by atoms with Crippen LogP contribution in [0.2, 0.25) is 0 Å². The highest BCUT2D eigenvalue weighted by atomic mass is 32.2. The Kier molecular flexibility index (Phi) is 5.59. The highest BCUT2D eigenvalue weighted by Gasteiger charge is 2.21. The molecule has 156 valence electrons. The van der Waals surface area contributed by atoms with E-state index in [0.29, 0.717) is 11.3 Å². The van der Waals surface area contributed by atoms with Gasteiger partial charge in [0, 0.05) is 31.9 Å². The summed E-state index contributed by atoms with van der Waals surface area (Å²) in [6.45, 7) is 5.12. The molecule has 1 aromatic heterocycles. The molecule has 1 fully saturated rings. The Morgan fingerprint density at radius 3 is 2.30 bits per heavy atom. The molecule has 0 saturated carbocycles. The fourth-order valence-corrected chi connectivity index (χ4v) is 4.70. The summed E-state index contributed by atoms with van der Waals surface area (Å²) in [5, 5.41) is 0. The van der Waals surface area contributed by atoms with Crippen molar-refractivity contribution in [2.75, 3.05) is 40.7 Å². The van der Waals surface area contributed by atoms with Crippen LogP contribution in [0.25, 0.3) is 0 Å². The number of pyridine rings is 1. The van der Waals surface area contributed by atoms with E-state index in [1.807, 2.05) is 18.2 Å². The zero-order valence-electron chi connectivity index (χ0n) is 16.6. The molecule has 0 radical (unpaired) electrons. The largest absolute Gasteiger partial charge is 0.368 e. The van der Waals surface area contributed by atoms with Crippen molar-refractivity contribution < 1.29 is 12.8 Å². The molecule has 0 aliphatic carbocycles. The maximum Gasteiger partial charge on any atom is 0.264 e. The first kappa shape index (κ1) is 20.2. The number of hydrogen-bond acceptors (Lipinski definition) is 5. The molecule has 4 rings (SSSR count). The average Bonchev–Trinajstić information content (AvgIpc) is 2.76. The minimum atomic E-state index is -4.03. The molecule has 0 bridgehead atoms. The van der Waals surface area contributed by atoms with Crippen molar-refractivity contribution >= 4 is 27.2 Å². The van der Waals surface area contributed by atoms with E-state index >= 15 is 0 Å². The highest BCUT2D eigenvalue weighted by Crippen LogP contribution is 2.23. The van der Waals surface area contributed by atoms with Gasteiger partial charge in [-0.1, -0.05) is 24.3 Å². The van der Waals surface area contributed by atoms with Crippen molar-refractivity contribution in [3.05, 3.63) is 78.2 Å². The van der Waals surface area contributed by atoms with Gasteiger partial charge in [-0.25, -0.2) is 17.8 Å². The van der Waals surface area contributed by atoms with Crippen LogP contribution < -0.4 is 14.5 Å². The number of nitrogens with zero attached hydrogens (tertiary/aromatic N) is 3. The Bertz CT molecular complexity index is 1110. The van der Waals surface area contributed by atoms with Crippen LogP contribution in [0.3, 0.4) is 0 Å². The van der Waals surface area contributed by atoms with Gasteiger partial charge < -0.3 is 9.80 Å². The number of aromatic nitrogens is 1. The van der Waals surface area contributed by atoms with Gasteiger partial charge in [-0.15, -0.1) is 0 Å². The Morgan fingerprint density at radius 1 is 0.933 bits per heavy atom. The normalized spacial score (nSPS) is 14.6. The number of hydrogen-bond donors (Lipinski definition) is 1. The summed E-state index contributed by atoms with van der Waals surface area (Å²) < 4.78 is 41.5. The fourth-order valence-electron chi connectivity index (χ4n) is 3.49. The number of aryl methyl sites for hydroxylation is 1. The van der Waals surface area contributed by atoms with Crippen LogP contribution in [-0.4, -0.2) is 39.6 Å². The molecule has 3 aromatic rings. The molecule has 1 saturated heterocycles. The van der Waals surface area contributed by atoms with E-state index < -0.39 is 15.8 Å². The Morgan fingerprint density at radius 2 is 1.63 bits per heavy atom. The van der Waals surface area contributed by atoms with Crippen LogP contribution in [0.5, 0.6) is 0 Å². The van der Waals surface area contributed by atoms with Crippen LogP contribution in [0, 0.1) is 12.7 Å². The predicted octanol–water partition coefficient (Wildman–Crippen LogP) is 3.66. The molecular weight excluding hydrogens is 403 g/mol. The number of nitrogens with one attached hydrogen (secondary N) is 1. The average molecular weight is 427 g/mol. The van der Waals surface area contributed by atoms with Gasteiger partial charge >= 0.3 is 0 Å². The number of anilines is 3. The first-order valence-corrected chi connectivity index (χ1v) is 11.2. The summed E-state index contributed by atoms with van der Waals surface area (Å²) >= 11 is 0. The number of para-hydroxylation sites is 1. The molecule has 0 unspecified atom stereocenters. The van der Waals surface area contributed by atoms with Crippen molar-refractivity contribution in [3.8, 4) is 0 Å². The van der Waals surface area contributed by atoms with Gasteiger partial charge in [0.05, 0.1) is 11.9 Å². The van der Waals surface area contributed by atoms with Crippen molar-refractivity contribution in [2.45, 2.75) is 11.8 Å². The molecule has 8 heteroatoms. The van der Waals surface area contributed by atoms with Gasteiger partial charge in [0.1, 0.15) is 16.5 Å². The van der Waals surface area contributed by atoms with E-state index in [4.69, 9.17) is 0 Å². The third-order valence-electron chi connectivity index (χ3n) is 5.10. The summed E-state index contributed by atoms with van der Waals surface area (Å²) in [6.07, 6.45) is 1.46. The Labute approximate surface area is 176 Å². The quantitative estimate of drug-likeness (QED) is 0.675. The fraction of sp³-hybridized carbons (Fsp3) is 0.227. The lowest BCUT2D eigenvalue weighted by Crippen LogP contribution is -2.46. The Balaban J connectivity index is 1.42. The van der Waals surface area contributed by atoms with E-state index in [2.05, 4.69) is 31.6 Å². The summed E-state index contributed by atoms with van der Waals surface area (Å²) in [4.78, 5) is 8.53. The molecule has 30 heavy (non-hydrogen) atoms. The van der Waals surface area contributed by atoms with Gasteiger partial charge in [0.15, 0.2) is 0 Å². The number of benzene rings is 2. The van der Waals surface area contributed by atoms with Gasteiger partial charge in [-0.05, 0) is 48.9 Å². The number of piperazine rings is 1. The first-order valence-electron chi connectivity index (χ1n) is 9.72. The summed E-state index contributed by atoms with van der Waals surface area (Å²) in [5.41, 5.74) is 2.17. The monoisotopic (exact) mass is 426 g/mol. The second-order valence-corrected chi connectivity index (χ2v) is 8.90. The number of sulfonamides is 1. The first-order chi connectivity index (χ1) is 14.4. The van der Waals surface area contributed by atoms with E-state index in [-0.39, 0.29) is 4.90 Å². The minimum absolute atomic E-state index is 0.294. The summed E-state index contributed by atoms with van der Waals surface area (Å²) in [5.74, 6) is 0.00126. The van der Waals surface area contributed by atoms with E-state index in [0.717, 1.165) is 38.1 Å². The predicted molar refractivity (Wildman–Crippen MR) is 117 cm³/mol. The number of halogens is 1. The van der Waals surface area contributed by atoms with Crippen LogP contribution in [0.1, 0.15) is 5.56 Å². The molecule has 0 spiro atoms. The van der Waals surface area contributed by atoms with Crippen LogP contribution in [0.4, 0.5) is 21.6 Å². The lowest BCUT2D eigenvalue weighted by atomic mass is 10.2. The molecule has 0 amide bonds. The maximum absolute atomic E-state index is 14.0. The third kappa shape index (κ3) is 4.38. The second-order valence-electron chi connectivity index (χ2n) is 7.25. The SMILES string of the molecule is Cc1ccc(F)c(S(=O)(=O)Nc2ccc(N3CCN(c4ccccc4)CC3)nc2)c1. The summed E-state index contributed by atoms with van der Waals surface area (Å²) in [6, 6.07) is 17.7. The highest BCUT2D eigenvalue weighted by molar-refractivity contribution is 7.92. The van der Waals surface area contributed by atoms with E-state index in [1.165, 1.54) is 24.0 Å². The zero-order valence-corrected chi connectivity index (χ0v) is 17.4. The van der Waals surface area contributed by atoms with Crippen LogP contribution in [-0.2, 0) is 10.0 Å². The standard InChI is InChI=1S/C22H23FN4O2S/c1-17-7-9-20(23)21(15-17)30(28,29)25-18-8-10-22(24-16-18)27-13-11-26(12-14-27)19-5-3-2-4-6-19/h2-10,15-16,25H,11-14H2,1H3. The van der Waals surface area contributed by atoms with Gasteiger partial charge in [0.25, 0.3) is 10.0 Å². The van der Waals surface area contributed by atoms with Crippen molar-refractivity contribution in [2.24, 2.45) is 0 Å². The van der Waals surface area contributed by atoms with Crippen LogP contribution >= 0.6 is 0 Å². The van der Waals surface area contributed by atoms with Crippen molar-refractivity contribution in [1.82, 2.24) is 4.98 Å². The Hall–Kier alpha value is -3.13. The second kappa shape index (κ2) is 8.31. The molecule has 2 heterocycles. The number of rotatable bonds is 5.